The number of hydrogen-bond donors (Lipinski definition) is 2. The SMILES string of the molecule is CCCCCCNCc1ccc(OCC(=O)NC(C)(C)C)cc1.Cl. The topological polar surface area (TPSA) is 50.4 Å². The molecule has 0 unspecified atom stereocenters. The smallest absolute Gasteiger partial charge is 0.258 e. The average molecular weight is 357 g/mol. The van der Waals surface area contributed by atoms with Gasteiger partial charge in [0.05, 0.1) is 0 Å². The number of rotatable bonds is 10. The van der Waals surface area contributed by atoms with Gasteiger partial charge in [-0.15, -0.1) is 12.4 Å². The van der Waals surface area contributed by atoms with Crippen LogP contribution < -0.4 is 15.4 Å². The molecule has 0 heterocycles. The second kappa shape index (κ2) is 12.2. The van der Waals surface area contributed by atoms with Crippen LogP contribution in [0.25, 0.3) is 0 Å². The van der Waals surface area contributed by atoms with E-state index in [1.54, 1.807) is 0 Å². The van der Waals surface area contributed by atoms with Gasteiger partial charge in [-0.1, -0.05) is 38.3 Å². The average Bonchev–Trinajstić information content (AvgIpc) is 2.48. The summed E-state index contributed by atoms with van der Waals surface area (Å²) in [5.74, 6) is 0.621. The maximum atomic E-state index is 11.7. The minimum Gasteiger partial charge on any atom is -0.484 e. The summed E-state index contributed by atoms with van der Waals surface area (Å²) in [7, 11) is 0. The van der Waals surface area contributed by atoms with Gasteiger partial charge in [0.25, 0.3) is 5.91 Å². The minimum atomic E-state index is -0.229. The third kappa shape index (κ3) is 11.3. The molecule has 0 fully saturated rings. The van der Waals surface area contributed by atoms with Gasteiger partial charge in [0, 0.05) is 12.1 Å². The van der Waals surface area contributed by atoms with Crippen molar-refractivity contribution in [2.45, 2.75) is 65.5 Å². The molecule has 0 saturated heterocycles. The van der Waals surface area contributed by atoms with Gasteiger partial charge < -0.3 is 15.4 Å². The Balaban J connectivity index is 0.00000529. The predicted molar refractivity (Wildman–Crippen MR) is 103 cm³/mol. The van der Waals surface area contributed by atoms with E-state index in [0.29, 0.717) is 0 Å². The maximum absolute atomic E-state index is 11.7. The van der Waals surface area contributed by atoms with E-state index < -0.39 is 0 Å². The predicted octanol–water partition coefficient (Wildman–Crippen LogP) is 4.07. The molecule has 4 nitrogen and oxygen atoms in total. The number of carbonyl (C=O) groups excluding carboxylic acids is 1. The number of ether oxygens (including phenoxy) is 1. The molecule has 0 bridgehead atoms. The van der Waals surface area contributed by atoms with Crippen LogP contribution in [0.1, 0.15) is 58.9 Å². The highest BCUT2D eigenvalue weighted by molar-refractivity contribution is 5.85. The molecule has 0 aliphatic carbocycles. The summed E-state index contributed by atoms with van der Waals surface area (Å²) >= 11 is 0. The molecule has 0 atom stereocenters. The van der Waals surface area contributed by atoms with Crippen LogP contribution in [0.4, 0.5) is 0 Å². The van der Waals surface area contributed by atoms with Crippen molar-refractivity contribution in [3.8, 4) is 5.75 Å². The lowest BCUT2D eigenvalue weighted by Crippen LogP contribution is -2.43. The van der Waals surface area contributed by atoms with Crippen LogP contribution in [0.5, 0.6) is 5.75 Å². The van der Waals surface area contributed by atoms with E-state index in [9.17, 15) is 4.79 Å². The largest absolute Gasteiger partial charge is 0.484 e. The van der Waals surface area contributed by atoms with E-state index in [2.05, 4.69) is 17.6 Å². The first kappa shape index (κ1) is 22.7. The second-order valence-corrected chi connectivity index (χ2v) is 6.97. The third-order valence-electron chi connectivity index (χ3n) is 3.34. The molecule has 0 radical (unpaired) electrons. The Hall–Kier alpha value is -1.26. The number of amides is 1. The number of carbonyl (C=O) groups is 1. The van der Waals surface area contributed by atoms with E-state index in [4.69, 9.17) is 4.74 Å². The Morgan fingerprint density at radius 3 is 2.33 bits per heavy atom. The molecule has 1 aromatic rings. The molecule has 5 heteroatoms. The molecule has 0 aromatic heterocycles. The van der Waals surface area contributed by atoms with E-state index in [-0.39, 0.29) is 30.5 Å². The van der Waals surface area contributed by atoms with Crippen molar-refractivity contribution in [2.75, 3.05) is 13.2 Å². The molecule has 138 valence electrons. The van der Waals surface area contributed by atoms with Crippen LogP contribution in [0.2, 0.25) is 0 Å². The number of halogens is 1. The Morgan fingerprint density at radius 1 is 1.08 bits per heavy atom. The Labute approximate surface area is 153 Å². The van der Waals surface area contributed by atoms with Crippen LogP contribution in [0.15, 0.2) is 24.3 Å². The van der Waals surface area contributed by atoms with E-state index >= 15 is 0 Å². The Bertz CT molecular complexity index is 455. The van der Waals surface area contributed by atoms with Crippen LogP contribution in [0, 0.1) is 0 Å². The van der Waals surface area contributed by atoms with Gasteiger partial charge in [0.1, 0.15) is 5.75 Å². The Kier molecular flexibility index (Phi) is 11.5. The first-order valence-electron chi connectivity index (χ1n) is 8.64. The van der Waals surface area contributed by atoms with Gasteiger partial charge >= 0.3 is 0 Å². The zero-order valence-corrected chi connectivity index (χ0v) is 16.3. The van der Waals surface area contributed by atoms with Crippen molar-refractivity contribution in [1.82, 2.24) is 10.6 Å². The lowest BCUT2D eigenvalue weighted by atomic mass is 10.1. The van der Waals surface area contributed by atoms with Gasteiger partial charge in [-0.25, -0.2) is 0 Å². The van der Waals surface area contributed by atoms with Crippen molar-refractivity contribution in [3.63, 3.8) is 0 Å². The number of benzene rings is 1. The highest BCUT2D eigenvalue weighted by Gasteiger charge is 2.13. The molecule has 24 heavy (non-hydrogen) atoms. The van der Waals surface area contributed by atoms with E-state index in [0.717, 1.165) is 18.8 Å². The monoisotopic (exact) mass is 356 g/mol. The first-order valence-corrected chi connectivity index (χ1v) is 8.64. The molecule has 2 N–H and O–H groups in total. The fraction of sp³-hybridized carbons (Fsp3) is 0.632. The molecular weight excluding hydrogens is 324 g/mol. The fourth-order valence-corrected chi connectivity index (χ4v) is 2.22. The van der Waals surface area contributed by atoms with Crippen molar-refractivity contribution in [2.24, 2.45) is 0 Å². The number of unbranched alkanes of at least 4 members (excludes halogenated alkanes) is 3. The number of hydrogen-bond acceptors (Lipinski definition) is 3. The van der Waals surface area contributed by atoms with Crippen molar-refractivity contribution in [3.05, 3.63) is 29.8 Å². The van der Waals surface area contributed by atoms with Gasteiger partial charge in [-0.3, -0.25) is 4.79 Å². The van der Waals surface area contributed by atoms with Gasteiger partial charge in [-0.05, 0) is 51.4 Å². The molecule has 0 aliphatic heterocycles. The Morgan fingerprint density at radius 2 is 1.75 bits per heavy atom. The highest BCUT2D eigenvalue weighted by Crippen LogP contribution is 2.12. The maximum Gasteiger partial charge on any atom is 0.258 e. The molecule has 0 aliphatic rings. The molecular formula is C19H33ClN2O2. The van der Waals surface area contributed by atoms with Crippen LogP contribution in [0.3, 0.4) is 0 Å². The summed E-state index contributed by atoms with van der Waals surface area (Å²) in [6.07, 6.45) is 5.12. The zero-order chi connectivity index (χ0) is 17.1. The summed E-state index contributed by atoms with van der Waals surface area (Å²) in [6.45, 7) is 10.1. The molecule has 0 spiro atoms. The molecule has 1 amide bonds. The van der Waals surface area contributed by atoms with Crippen molar-refractivity contribution < 1.29 is 9.53 Å². The fourth-order valence-electron chi connectivity index (χ4n) is 2.22. The standard InChI is InChI=1S/C19H32N2O2.ClH/c1-5-6-7-8-13-20-14-16-9-11-17(12-10-16)23-15-18(22)21-19(2,3)4;/h9-12,20H,5-8,13-15H2,1-4H3,(H,21,22);1H. The van der Waals surface area contributed by atoms with Gasteiger partial charge in [-0.2, -0.15) is 0 Å². The number of nitrogens with one attached hydrogen (secondary N) is 2. The summed E-state index contributed by atoms with van der Waals surface area (Å²) in [4.78, 5) is 11.7. The summed E-state index contributed by atoms with van der Waals surface area (Å²) in [6, 6.07) is 7.91. The molecule has 1 aromatic carbocycles. The minimum absolute atomic E-state index is 0. The van der Waals surface area contributed by atoms with E-state index in [1.165, 1.54) is 31.2 Å². The van der Waals surface area contributed by atoms with Crippen LogP contribution in [-0.4, -0.2) is 24.6 Å². The first-order chi connectivity index (χ1) is 10.9. The van der Waals surface area contributed by atoms with Gasteiger partial charge in [0.15, 0.2) is 6.61 Å². The summed E-state index contributed by atoms with van der Waals surface area (Å²) < 4.78 is 5.51. The van der Waals surface area contributed by atoms with Crippen molar-refractivity contribution in [1.29, 1.82) is 0 Å². The van der Waals surface area contributed by atoms with Gasteiger partial charge in [0.2, 0.25) is 0 Å². The summed E-state index contributed by atoms with van der Waals surface area (Å²) in [5, 5.41) is 6.33. The second-order valence-electron chi connectivity index (χ2n) is 6.97. The van der Waals surface area contributed by atoms with Crippen LogP contribution >= 0.6 is 12.4 Å². The van der Waals surface area contributed by atoms with Crippen LogP contribution in [-0.2, 0) is 11.3 Å². The molecule has 0 saturated carbocycles. The zero-order valence-electron chi connectivity index (χ0n) is 15.5. The van der Waals surface area contributed by atoms with E-state index in [1.807, 2.05) is 45.0 Å². The molecule has 1 rings (SSSR count). The van der Waals surface area contributed by atoms with Crippen molar-refractivity contribution >= 4 is 18.3 Å². The lowest BCUT2D eigenvalue weighted by Gasteiger charge is -2.20. The highest BCUT2D eigenvalue weighted by atomic mass is 35.5. The normalized spacial score (nSPS) is 10.8. The summed E-state index contributed by atoms with van der Waals surface area (Å²) in [5.41, 5.74) is 1.000. The quantitative estimate of drug-likeness (QED) is 0.621. The lowest BCUT2D eigenvalue weighted by molar-refractivity contribution is -0.124. The third-order valence-corrected chi connectivity index (χ3v) is 3.34.